The Morgan fingerprint density at radius 2 is 1.90 bits per heavy atom. The van der Waals surface area contributed by atoms with E-state index < -0.39 is 0 Å². The first kappa shape index (κ1) is 22.1. The largest absolute Gasteiger partial charge is 0.343 e. The van der Waals surface area contributed by atoms with Crippen molar-refractivity contribution in [1.82, 2.24) is 14.5 Å². The molecule has 1 aliphatic carbocycles. The predicted octanol–water partition coefficient (Wildman–Crippen LogP) is 4.99. The zero-order valence-electron chi connectivity index (χ0n) is 18.4. The van der Waals surface area contributed by atoms with Crippen LogP contribution < -0.4 is 5.56 Å². The molecule has 1 amide bonds. The first-order valence-electron chi connectivity index (χ1n) is 11.1. The molecule has 5 nitrogen and oxygen atoms in total. The van der Waals surface area contributed by atoms with Crippen LogP contribution in [0.2, 0.25) is 0 Å². The first-order chi connectivity index (χ1) is 15.0. The molecule has 1 aromatic carbocycles. The maximum Gasteiger partial charge on any atom is 0.267 e. The van der Waals surface area contributed by atoms with E-state index in [1.807, 2.05) is 49.9 Å². The van der Waals surface area contributed by atoms with Crippen LogP contribution in [0.1, 0.15) is 49.1 Å². The van der Waals surface area contributed by atoms with Gasteiger partial charge in [0.2, 0.25) is 5.91 Å². The number of para-hydroxylation sites is 1. The number of hydrogen-bond donors (Lipinski definition) is 0. The van der Waals surface area contributed by atoms with Gasteiger partial charge in [0.05, 0.1) is 16.8 Å². The Morgan fingerprint density at radius 3 is 2.65 bits per heavy atom. The fraction of sp³-hybridized carbons (Fsp3) is 0.458. The van der Waals surface area contributed by atoms with E-state index in [4.69, 9.17) is 4.98 Å². The van der Waals surface area contributed by atoms with Crippen molar-refractivity contribution in [3.05, 3.63) is 50.6 Å². The lowest BCUT2D eigenvalue weighted by atomic mass is 10.1. The third-order valence-corrected chi connectivity index (χ3v) is 8.11. The molecule has 0 unspecified atom stereocenters. The summed E-state index contributed by atoms with van der Waals surface area (Å²) in [6.07, 6.45) is 5.49. The number of aryl methyl sites for hydroxylation is 3. The molecule has 7 heteroatoms. The summed E-state index contributed by atoms with van der Waals surface area (Å²) in [5.74, 6) is 0.346. The van der Waals surface area contributed by atoms with Crippen molar-refractivity contribution in [3.8, 4) is 5.69 Å². The average molecular weight is 456 g/mol. The van der Waals surface area contributed by atoms with E-state index in [9.17, 15) is 9.59 Å². The third-order valence-electron chi connectivity index (χ3n) is 6.01. The fourth-order valence-corrected chi connectivity index (χ4v) is 6.49. The van der Waals surface area contributed by atoms with Crippen LogP contribution in [0.3, 0.4) is 0 Å². The van der Waals surface area contributed by atoms with Gasteiger partial charge in [-0.3, -0.25) is 14.2 Å². The summed E-state index contributed by atoms with van der Waals surface area (Å²) < 4.78 is 1.73. The Labute approximate surface area is 191 Å². The van der Waals surface area contributed by atoms with E-state index in [1.165, 1.54) is 35.0 Å². The molecule has 31 heavy (non-hydrogen) atoms. The van der Waals surface area contributed by atoms with E-state index in [1.54, 1.807) is 15.9 Å². The van der Waals surface area contributed by atoms with Crippen molar-refractivity contribution < 1.29 is 4.79 Å². The van der Waals surface area contributed by atoms with Crippen molar-refractivity contribution in [3.63, 3.8) is 0 Å². The maximum absolute atomic E-state index is 13.9. The van der Waals surface area contributed by atoms with Crippen molar-refractivity contribution >= 4 is 39.2 Å². The number of amides is 1. The zero-order valence-corrected chi connectivity index (χ0v) is 20.1. The standard InChI is InChI=1S/C24H29N3O2S2/c1-4-26(5-2)20(28)15-30-24-25-22-21(17-12-7-6-8-14-19(17)31-22)23(29)27(24)18-13-10-9-11-16(18)3/h9-11,13H,4-8,12,14-15H2,1-3H3. The van der Waals surface area contributed by atoms with E-state index in [2.05, 4.69) is 0 Å². The normalized spacial score (nSPS) is 13.8. The molecule has 0 radical (unpaired) electrons. The maximum atomic E-state index is 13.9. The van der Waals surface area contributed by atoms with Gasteiger partial charge in [0, 0.05) is 18.0 Å². The number of aromatic nitrogens is 2. The van der Waals surface area contributed by atoms with Crippen LogP contribution in [0.25, 0.3) is 15.9 Å². The van der Waals surface area contributed by atoms with Gasteiger partial charge in [-0.2, -0.15) is 0 Å². The number of carbonyl (C=O) groups is 1. The monoisotopic (exact) mass is 455 g/mol. The van der Waals surface area contributed by atoms with Crippen LogP contribution in [0.15, 0.2) is 34.2 Å². The second kappa shape index (κ2) is 9.57. The molecule has 2 heterocycles. The van der Waals surface area contributed by atoms with Gasteiger partial charge >= 0.3 is 0 Å². The molecule has 4 rings (SSSR count). The van der Waals surface area contributed by atoms with Gasteiger partial charge in [0.25, 0.3) is 5.56 Å². The molecular weight excluding hydrogens is 426 g/mol. The topological polar surface area (TPSA) is 55.2 Å². The Kier molecular flexibility index (Phi) is 6.82. The van der Waals surface area contributed by atoms with E-state index in [0.29, 0.717) is 18.2 Å². The summed E-state index contributed by atoms with van der Waals surface area (Å²) in [6, 6.07) is 7.90. The van der Waals surface area contributed by atoms with Gasteiger partial charge in [0.1, 0.15) is 4.83 Å². The Balaban J connectivity index is 1.86. The molecule has 0 fully saturated rings. The summed E-state index contributed by atoms with van der Waals surface area (Å²) in [5, 5.41) is 1.38. The zero-order chi connectivity index (χ0) is 22.0. The number of fused-ring (bicyclic) bond motifs is 3. The van der Waals surface area contributed by atoms with Gasteiger partial charge in [-0.25, -0.2) is 4.98 Å². The summed E-state index contributed by atoms with van der Waals surface area (Å²) in [5.41, 5.74) is 3.06. The first-order valence-corrected chi connectivity index (χ1v) is 12.9. The number of hydrogen-bond acceptors (Lipinski definition) is 5. The lowest BCUT2D eigenvalue weighted by Crippen LogP contribution is -2.32. The highest BCUT2D eigenvalue weighted by Crippen LogP contribution is 2.35. The smallest absolute Gasteiger partial charge is 0.267 e. The van der Waals surface area contributed by atoms with E-state index >= 15 is 0 Å². The summed E-state index contributed by atoms with van der Waals surface area (Å²) in [7, 11) is 0. The van der Waals surface area contributed by atoms with E-state index in [0.717, 1.165) is 40.7 Å². The Morgan fingerprint density at radius 1 is 1.16 bits per heavy atom. The Bertz CT molecular complexity index is 1160. The molecule has 1 aliphatic rings. The molecule has 0 atom stereocenters. The fourth-order valence-electron chi connectivity index (χ4n) is 4.28. The van der Waals surface area contributed by atoms with Crippen molar-refractivity contribution in [1.29, 1.82) is 0 Å². The van der Waals surface area contributed by atoms with E-state index in [-0.39, 0.29) is 17.2 Å². The van der Waals surface area contributed by atoms with Crippen LogP contribution in [0.5, 0.6) is 0 Å². The van der Waals surface area contributed by atoms with Crippen LogP contribution in [0.4, 0.5) is 0 Å². The van der Waals surface area contributed by atoms with Crippen LogP contribution >= 0.6 is 23.1 Å². The summed E-state index contributed by atoms with van der Waals surface area (Å²) in [4.78, 5) is 35.4. The molecule has 164 valence electrons. The average Bonchev–Trinajstić information content (AvgIpc) is 2.95. The molecular formula is C24H29N3O2S2. The molecule has 3 aromatic rings. The highest BCUT2D eigenvalue weighted by Gasteiger charge is 2.23. The summed E-state index contributed by atoms with van der Waals surface area (Å²) >= 11 is 3.03. The van der Waals surface area contributed by atoms with Crippen molar-refractivity contribution in [2.75, 3.05) is 18.8 Å². The van der Waals surface area contributed by atoms with Gasteiger partial charge in [0.15, 0.2) is 5.16 Å². The molecule has 0 spiro atoms. The lowest BCUT2D eigenvalue weighted by Gasteiger charge is -2.19. The van der Waals surface area contributed by atoms with Crippen molar-refractivity contribution in [2.24, 2.45) is 0 Å². The minimum Gasteiger partial charge on any atom is -0.343 e. The van der Waals surface area contributed by atoms with Crippen LogP contribution in [0, 0.1) is 6.92 Å². The number of thiophene rings is 1. The number of carbonyl (C=O) groups excluding carboxylic acids is 1. The number of thioether (sulfide) groups is 1. The summed E-state index contributed by atoms with van der Waals surface area (Å²) in [6.45, 7) is 7.35. The quantitative estimate of drug-likeness (QED) is 0.299. The third kappa shape index (κ3) is 4.30. The molecule has 2 aromatic heterocycles. The minimum absolute atomic E-state index is 0.00325. The molecule has 0 bridgehead atoms. The second-order valence-corrected chi connectivity index (χ2v) is 9.95. The molecule has 0 saturated heterocycles. The molecule has 0 aliphatic heterocycles. The number of rotatable bonds is 6. The Hall–Kier alpha value is -2.12. The predicted molar refractivity (Wildman–Crippen MR) is 130 cm³/mol. The SMILES string of the molecule is CCN(CC)C(=O)CSc1nc2sc3c(c2c(=O)n1-c1ccccc1C)CCCCC3. The highest BCUT2D eigenvalue weighted by atomic mass is 32.2. The highest BCUT2D eigenvalue weighted by molar-refractivity contribution is 7.99. The number of benzene rings is 1. The molecule has 0 N–H and O–H groups in total. The van der Waals surface area contributed by atoms with Crippen LogP contribution in [-0.2, 0) is 17.6 Å². The van der Waals surface area contributed by atoms with Gasteiger partial charge in [-0.1, -0.05) is 36.4 Å². The number of nitrogens with zero attached hydrogens (tertiary/aromatic N) is 3. The van der Waals surface area contributed by atoms with Crippen molar-refractivity contribution in [2.45, 2.75) is 58.0 Å². The minimum atomic E-state index is -0.00325. The van der Waals surface area contributed by atoms with Gasteiger partial charge < -0.3 is 4.90 Å². The van der Waals surface area contributed by atoms with Crippen LogP contribution in [-0.4, -0.2) is 39.2 Å². The van der Waals surface area contributed by atoms with Gasteiger partial charge in [-0.15, -0.1) is 11.3 Å². The lowest BCUT2D eigenvalue weighted by molar-refractivity contribution is -0.127. The second-order valence-electron chi connectivity index (χ2n) is 7.92. The molecule has 0 saturated carbocycles. The van der Waals surface area contributed by atoms with Gasteiger partial charge in [-0.05, 0) is 63.6 Å².